The molecule has 328 valence electrons. The summed E-state index contributed by atoms with van der Waals surface area (Å²) >= 11 is 0. The number of fused-ring (bicyclic) bond motifs is 3. The molecule has 0 aliphatic carbocycles. The number of benzene rings is 4. The number of nitrogens with zero attached hydrogens (tertiary/aromatic N) is 6. The number of aromatic nitrogens is 3. The van der Waals surface area contributed by atoms with Crippen molar-refractivity contribution in [3.05, 3.63) is 108 Å². The number of aryl methyl sites for hydroxylation is 3. The first-order valence-corrected chi connectivity index (χ1v) is 23.4. The first-order chi connectivity index (χ1) is 30.2. The van der Waals surface area contributed by atoms with E-state index < -0.39 is 10.2 Å². The number of carbonyl (C=O) groups is 1. The molecule has 8 rings (SSSR count). The predicted octanol–water partition coefficient (Wildman–Crippen LogP) is 7.98. The maximum Gasteiger partial charge on any atom is 0.355 e. The molecule has 2 aliphatic heterocycles. The molecule has 0 atom stereocenters. The molecule has 0 saturated carbocycles. The van der Waals surface area contributed by atoms with Gasteiger partial charge in [-0.25, -0.2) is 4.79 Å². The van der Waals surface area contributed by atoms with E-state index in [4.69, 9.17) is 24.0 Å². The van der Waals surface area contributed by atoms with Crippen LogP contribution in [0.25, 0.3) is 32.8 Å². The molecule has 0 bridgehead atoms. The molecular weight excluding hydrogens is 805 g/mol. The Kier molecular flexibility index (Phi) is 13.5. The minimum absolute atomic E-state index is 0.213. The van der Waals surface area contributed by atoms with Crippen LogP contribution < -0.4 is 14.4 Å². The Hall–Kier alpha value is -5.41. The number of hydrogen-bond donors (Lipinski definition) is 0. The topological polar surface area (TPSA) is 121 Å². The van der Waals surface area contributed by atoms with Crippen LogP contribution in [0, 0.1) is 0 Å². The molecule has 4 heterocycles. The lowest BCUT2D eigenvalue weighted by Crippen LogP contribution is -2.53. The van der Waals surface area contributed by atoms with Crippen LogP contribution in [0.5, 0.6) is 11.5 Å². The molecule has 62 heavy (non-hydrogen) atoms. The summed E-state index contributed by atoms with van der Waals surface area (Å²) < 4.78 is 58.2. The molecule has 0 unspecified atom stereocenters. The fourth-order valence-electron chi connectivity index (χ4n) is 8.98. The highest BCUT2D eigenvalue weighted by Gasteiger charge is 2.32. The average Bonchev–Trinajstić information content (AvgIpc) is 3.77. The van der Waals surface area contributed by atoms with Gasteiger partial charge in [0.2, 0.25) is 0 Å². The lowest BCUT2D eigenvalue weighted by molar-refractivity contribution is 0.0512. The zero-order valence-electron chi connectivity index (χ0n) is 36.3. The van der Waals surface area contributed by atoms with Crippen molar-refractivity contribution in [1.82, 2.24) is 23.0 Å². The molecule has 4 aromatic carbocycles. The van der Waals surface area contributed by atoms with Gasteiger partial charge in [-0.1, -0.05) is 68.4 Å². The van der Waals surface area contributed by atoms with Crippen LogP contribution in [0.3, 0.4) is 0 Å². The average molecular weight is 863 g/mol. The Balaban J connectivity index is 1.06. The van der Waals surface area contributed by atoms with Gasteiger partial charge >= 0.3 is 5.97 Å². The minimum Gasteiger partial charge on any atom is -0.493 e. The Bertz CT molecular complexity index is 2610. The first kappa shape index (κ1) is 43.2. The number of carbonyl (C=O) groups excluding carboxylic acids is 1. The molecule has 0 N–H and O–H groups in total. The van der Waals surface area contributed by atoms with E-state index in [1.807, 2.05) is 81.0 Å². The van der Waals surface area contributed by atoms with Crippen molar-refractivity contribution in [1.29, 1.82) is 0 Å². The van der Waals surface area contributed by atoms with Crippen molar-refractivity contribution >= 4 is 43.5 Å². The molecule has 1 fully saturated rings. The molecule has 13 nitrogen and oxygen atoms in total. The van der Waals surface area contributed by atoms with Crippen LogP contribution in [-0.4, -0.2) is 96.4 Å². The Morgan fingerprint density at radius 1 is 0.839 bits per heavy atom. The summed E-state index contributed by atoms with van der Waals surface area (Å²) in [7, 11) is -1.52. The van der Waals surface area contributed by atoms with E-state index >= 15 is 0 Å². The second-order valence-corrected chi connectivity index (χ2v) is 17.7. The summed E-state index contributed by atoms with van der Waals surface area (Å²) in [5.74, 6) is 1.23. The van der Waals surface area contributed by atoms with Crippen LogP contribution in [0.1, 0.15) is 67.5 Å². The van der Waals surface area contributed by atoms with E-state index in [0.29, 0.717) is 89.9 Å². The quantitative estimate of drug-likeness (QED) is 0.0748. The summed E-state index contributed by atoms with van der Waals surface area (Å²) in [6.45, 7) is 11.2. The number of esters is 1. The van der Waals surface area contributed by atoms with Crippen molar-refractivity contribution in [2.45, 2.75) is 66.2 Å². The molecule has 2 aliphatic rings. The van der Waals surface area contributed by atoms with Gasteiger partial charge in [-0.05, 0) is 73.9 Å². The standard InChI is InChI=1S/C48H58N6O7S/c1-5-52(6-2)62(56,57)53-29-27-51(28-30-53)36-22-24-37(25-23-36)61-33-42-45-41-19-13-18-39-40(20-14-32-60-44-21-12-16-35-15-8-9-17-38(35)44)47(48(55)59-7-3)54(46(39)41)26-10-11-31-58-34-43(45)50(4)49-42/h8-9,12-13,15-19,21-25H,5-7,10-11,14,20,26-34H2,1-4H3. The Morgan fingerprint density at radius 3 is 2.35 bits per heavy atom. The van der Waals surface area contributed by atoms with E-state index in [0.717, 1.165) is 74.0 Å². The molecule has 1 saturated heterocycles. The van der Waals surface area contributed by atoms with Gasteiger partial charge in [0.1, 0.15) is 29.5 Å². The number of anilines is 1. The second kappa shape index (κ2) is 19.3. The number of rotatable bonds is 15. The fourth-order valence-corrected chi connectivity index (χ4v) is 10.6. The molecule has 2 aromatic heterocycles. The van der Waals surface area contributed by atoms with Crippen molar-refractivity contribution in [2.75, 3.05) is 64.0 Å². The molecule has 0 amide bonds. The van der Waals surface area contributed by atoms with Gasteiger partial charge in [0, 0.05) is 87.1 Å². The minimum atomic E-state index is -3.46. The van der Waals surface area contributed by atoms with Gasteiger partial charge in [-0.15, -0.1) is 0 Å². The lowest BCUT2D eigenvalue weighted by atomic mass is 9.98. The van der Waals surface area contributed by atoms with Crippen LogP contribution in [0.15, 0.2) is 84.9 Å². The smallest absolute Gasteiger partial charge is 0.355 e. The number of hydrogen-bond acceptors (Lipinski definition) is 9. The fraction of sp³-hybridized carbons (Fsp3) is 0.417. The summed E-state index contributed by atoms with van der Waals surface area (Å²) in [5.41, 5.74) is 7.16. The van der Waals surface area contributed by atoms with Gasteiger partial charge in [0.05, 0.1) is 31.0 Å². The number of piperazine rings is 1. The zero-order chi connectivity index (χ0) is 43.2. The highest BCUT2D eigenvalue weighted by atomic mass is 32.2. The van der Waals surface area contributed by atoms with Crippen LogP contribution in [0.4, 0.5) is 5.69 Å². The van der Waals surface area contributed by atoms with E-state index in [1.165, 1.54) is 4.31 Å². The highest BCUT2D eigenvalue weighted by molar-refractivity contribution is 7.86. The van der Waals surface area contributed by atoms with E-state index in [1.54, 1.807) is 4.31 Å². The Labute approximate surface area is 364 Å². The van der Waals surface area contributed by atoms with Crippen LogP contribution >= 0.6 is 0 Å². The highest BCUT2D eigenvalue weighted by Crippen LogP contribution is 2.40. The third-order valence-electron chi connectivity index (χ3n) is 12.1. The predicted molar refractivity (Wildman–Crippen MR) is 243 cm³/mol. The summed E-state index contributed by atoms with van der Waals surface area (Å²) in [6, 6.07) is 28.6. The monoisotopic (exact) mass is 862 g/mol. The summed E-state index contributed by atoms with van der Waals surface area (Å²) in [6.07, 6.45) is 3.01. The summed E-state index contributed by atoms with van der Waals surface area (Å²) in [4.78, 5) is 16.2. The lowest BCUT2D eigenvalue weighted by Gasteiger charge is -2.37. The molecule has 14 heteroatoms. The van der Waals surface area contributed by atoms with Crippen molar-refractivity contribution in [3.8, 4) is 22.6 Å². The van der Waals surface area contributed by atoms with E-state index in [-0.39, 0.29) is 19.2 Å². The SMILES string of the molecule is CCOC(=O)c1c(CCCOc2cccc3ccccc23)c2cccc3c2n1CCCCOCc1c-3c(COc2ccc(N3CCN(S(=O)(=O)N(CC)CC)CC3)cc2)nn1C. The van der Waals surface area contributed by atoms with Crippen LogP contribution in [-0.2, 0) is 52.9 Å². The summed E-state index contributed by atoms with van der Waals surface area (Å²) in [5, 5.41) is 8.24. The molecular formula is C48H58N6O7S. The second-order valence-electron chi connectivity index (χ2n) is 15.7. The molecule has 6 aromatic rings. The number of para-hydroxylation sites is 1. The van der Waals surface area contributed by atoms with Gasteiger partial charge in [-0.2, -0.15) is 22.1 Å². The van der Waals surface area contributed by atoms with E-state index in [2.05, 4.69) is 45.9 Å². The Morgan fingerprint density at radius 2 is 1.58 bits per heavy atom. The zero-order valence-corrected chi connectivity index (χ0v) is 37.2. The van der Waals surface area contributed by atoms with Gasteiger partial charge < -0.3 is 28.4 Å². The third-order valence-corrected chi connectivity index (χ3v) is 14.3. The van der Waals surface area contributed by atoms with Gasteiger partial charge in [-0.3, -0.25) is 4.68 Å². The maximum atomic E-state index is 14.0. The molecule has 0 spiro atoms. The van der Waals surface area contributed by atoms with Crippen molar-refractivity contribution in [3.63, 3.8) is 0 Å². The molecule has 0 radical (unpaired) electrons. The normalized spacial score (nSPS) is 15.1. The number of ether oxygens (including phenoxy) is 4. The van der Waals surface area contributed by atoms with E-state index in [9.17, 15) is 13.2 Å². The maximum absolute atomic E-state index is 14.0. The third kappa shape index (κ3) is 8.78. The van der Waals surface area contributed by atoms with Crippen molar-refractivity contribution in [2.24, 2.45) is 7.05 Å². The van der Waals surface area contributed by atoms with Gasteiger partial charge in [0.25, 0.3) is 10.2 Å². The van der Waals surface area contributed by atoms with Crippen molar-refractivity contribution < 1.29 is 32.2 Å². The van der Waals surface area contributed by atoms with Gasteiger partial charge in [0.15, 0.2) is 0 Å². The largest absolute Gasteiger partial charge is 0.493 e. The van der Waals surface area contributed by atoms with Crippen LogP contribution in [0.2, 0.25) is 0 Å². The first-order valence-electron chi connectivity index (χ1n) is 22.0.